The Balaban J connectivity index is 0.00000128. The minimum Gasteiger partial charge on any atom is -0.468 e. The third-order valence-electron chi connectivity index (χ3n) is 2.28. The number of hydrogen-bond acceptors (Lipinski definition) is 3. The third kappa shape index (κ3) is 3.12. The second kappa shape index (κ2) is 5.72. The van der Waals surface area contributed by atoms with Crippen molar-refractivity contribution in [1.82, 2.24) is 15.1 Å². The first-order chi connectivity index (χ1) is 7.25. The highest BCUT2D eigenvalue weighted by Crippen LogP contribution is 2.03. The van der Waals surface area contributed by atoms with Crippen LogP contribution in [0.3, 0.4) is 0 Å². The van der Waals surface area contributed by atoms with Crippen LogP contribution in [-0.2, 0) is 20.1 Å². The Morgan fingerprint density at radius 3 is 2.81 bits per heavy atom. The van der Waals surface area contributed by atoms with Crippen LogP contribution in [0, 0.1) is 6.92 Å². The van der Waals surface area contributed by atoms with Gasteiger partial charge in [0.15, 0.2) is 0 Å². The standard InChI is InChI=1S/C11H15N3O.ClH/c1-9-6-10(14(2)13-9)7-12-8-11-4-3-5-15-11;/h3-6,12H,7-8H2,1-2H3;1H. The zero-order chi connectivity index (χ0) is 10.7. The van der Waals surface area contributed by atoms with Crippen molar-refractivity contribution in [2.75, 3.05) is 0 Å². The van der Waals surface area contributed by atoms with Crippen molar-refractivity contribution in [3.05, 3.63) is 41.6 Å². The van der Waals surface area contributed by atoms with E-state index in [1.54, 1.807) is 6.26 Å². The van der Waals surface area contributed by atoms with Gasteiger partial charge in [-0.1, -0.05) is 0 Å². The van der Waals surface area contributed by atoms with E-state index in [0.717, 1.165) is 24.5 Å². The summed E-state index contributed by atoms with van der Waals surface area (Å²) in [7, 11) is 1.96. The molecule has 0 bridgehead atoms. The molecule has 16 heavy (non-hydrogen) atoms. The van der Waals surface area contributed by atoms with Gasteiger partial charge in [0, 0.05) is 13.6 Å². The number of aromatic nitrogens is 2. The molecule has 0 aliphatic carbocycles. The van der Waals surface area contributed by atoms with E-state index in [1.165, 1.54) is 5.69 Å². The average Bonchev–Trinajstić information content (AvgIpc) is 2.77. The average molecular weight is 242 g/mol. The van der Waals surface area contributed by atoms with Crippen molar-refractivity contribution in [3.8, 4) is 0 Å². The fraction of sp³-hybridized carbons (Fsp3) is 0.364. The third-order valence-corrected chi connectivity index (χ3v) is 2.28. The van der Waals surface area contributed by atoms with Gasteiger partial charge < -0.3 is 9.73 Å². The first kappa shape index (κ1) is 12.8. The molecule has 0 unspecified atom stereocenters. The predicted molar refractivity (Wildman–Crippen MR) is 64.4 cm³/mol. The molecule has 0 atom stereocenters. The molecule has 5 heteroatoms. The van der Waals surface area contributed by atoms with Gasteiger partial charge in [-0.25, -0.2) is 0 Å². The highest BCUT2D eigenvalue weighted by Gasteiger charge is 2.01. The van der Waals surface area contributed by atoms with Gasteiger partial charge in [-0.2, -0.15) is 5.10 Å². The molecule has 1 N–H and O–H groups in total. The second-order valence-electron chi connectivity index (χ2n) is 3.58. The number of rotatable bonds is 4. The largest absolute Gasteiger partial charge is 0.468 e. The van der Waals surface area contributed by atoms with E-state index in [1.807, 2.05) is 30.8 Å². The molecule has 0 fully saturated rings. The van der Waals surface area contributed by atoms with Crippen molar-refractivity contribution in [2.24, 2.45) is 7.05 Å². The van der Waals surface area contributed by atoms with Gasteiger partial charge >= 0.3 is 0 Å². The monoisotopic (exact) mass is 241 g/mol. The lowest BCUT2D eigenvalue weighted by molar-refractivity contribution is 0.479. The van der Waals surface area contributed by atoms with Gasteiger partial charge in [-0.05, 0) is 25.1 Å². The molecule has 2 rings (SSSR count). The van der Waals surface area contributed by atoms with Gasteiger partial charge in [0.05, 0.1) is 24.2 Å². The van der Waals surface area contributed by atoms with Crippen LogP contribution >= 0.6 is 12.4 Å². The molecular formula is C11H16ClN3O. The normalized spacial score (nSPS) is 10.1. The van der Waals surface area contributed by atoms with Gasteiger partial charge in [0.2, 0.25) is 0 Å². The maximum atomic E-state index is 5.22. The van der Waals surface area contributed by atoms with Gasteiger partial charge in [0.1, 0.15) is 5.76 Å². The van der Waals surface area contributed by atoms with E-state index in [-0.39, 0.29) is 12.4 Å². The number of furan rings is 1. The summed E-state index contributed by atoms with van der Waals surface area (Å²) in [5.74, 6) is 0.953. The molecule has 0 saturated carbocycles. The molecule has 0 amide bonds. The molecule has 0 aromatic carbocycles. The summed E-state index contributed by atoms with van der Waals surface area (Å²) in [6.07, 6.45) is 1.69. The van der Waals surface area contributed by atoms with Crippen molar-refractivity contribution >= 4 is 12.4 Å². The molecule has 2 aromatic heterocycles. The van der Waals surface area contributed by atoms with Crippen molar-refractivity contribution in [1.29, 1.82) is 0 Å². The SMILES string of the molecule is Cc1cc(CNCc2ccco2)n(C)n1.Cl. The highest BCUT2D eigenvalue weighted by molar-refractivity contribution is 5.85. The number of nitrogens with one attached hydrogen (secondary N) is 1. The number of halogens is 1. The topological polar surface area (TPSA) is 43.0 Å². The second-order valence-corrected chi connectivity index (χ2v) is 3.58. The fourth-order valence-electron chi connectivity index (χ4n) is 1.56. The van der Waals surface area contributed by atoms with Gasteiger partial charge in [0.25, 0.3) is 0 Å². The van der Waals surface area contributed by atoms with Crippen molar-refractivity contribution in [2.45, 2.75) is 20.0 Å². The zero-order valence-electron chi connectivity index (χ0n) is 9.43. The van der Waals surface area contributed by atoms with E-state index in [0.29, 0.717) is 0 Å². The molecule has 0 aliphatic rings. The minimum absolute atomic E-state index is 0. The minimum atomic E-state index is 0. The molecular weight excluding hydrogens is 226 g/mol. The van der Waals surface area contributed by atoms with Crippen molar-refractivity contribution in [3.63, 3.8) is 0 Å². The van der Waals surface area contributed by atoms with Crippen LogP contribution in [-0.4, -0.2) is 9.78 Å². The lowest BCUT2D eigenvalue weighted by Gasteiger charge is -2.02. The molecule has 4 nitrogen and oxygen atoms in total. The summed E-state index contributed by atoms with van der Waals surface area (Å²) in [5, 5.41) is 7.58. The Kier molecular flexibility index (Phi) is 4.58. The van der Waals surface area contributed by atoms with E-state index in [2.05, 4.69) is 16.5 Å². The summed E-state index contributed by atoms with van der Waals surface area (Å²) in [5.41, 5.74) is 2.23. The molecule has 2 heterocycles. The summed E-state index contributed by atoms with van der Waals surface area (Å²) in [4.78, 5) is 0. The maximum absolute atomic E-state index is 5.22. The van der Waals surface area contributed by atoms with Gasteiger partial charge in [-0.3, -0.25) is 4.68 Å². The van der Waals surface area contributed by atoms with E-state index in [4.69, 9.17) is 4.42 Å². The summed E-state index contributed by atoms with van der Waals surface area (Å²) in [6.45, 7) is 3.55. The molecule has 0 spiro atoms. The summed E-state index contributed by atoms with van der Waals surface area (Å²) in [6, 6.07) is 5.93. The first-order valence-electron chi connectivity index (χ1n) is 4.98. The van der Waals surface area contributed by atoms with E-state index >= 15 is 0 Å². The summed E-state index contributed by atoms with van der Waals surface area (Å²) < 4.78 is 7.12. The predicted octanol–water partition coefficient (Wildman–Crippen LogP) is 2.03. The smallest absolute Gasteiger partial charge is 0.117 e. The van der Waals surface area contributed by atoms with Crippen molar-refractivity contribution < 1.29 is 4.42 Å². The summed E-state index contributed by atoms with van der Waals surface area (Å²) >= 11 is 0. The molecule has 0 saturated heterocycles. The van der Waals surface area contributed by atoms with Crippen LogP contribution in [0.4, 0.5) is 0 Å². The van der Waals surface area contributed by atoms with E-state index < -0.39 is 0 Å². The Hall–Kier alpha value is -1.26. The molecule has 2 aromatic rings. The number of aryl methyl sites for hydroxylation is 2. The first-order valence-corrected chi connectivity index (χ1v) is 4.98. The molecule has 88 valence electrons. The quantitative estimate of drug-likeness (QED) is 0.891. The number of hydrogen-bond donors (Lipinski definition) is 1. The molecule has 0 radical (unpaired) electrons. The van der Waals surface area contributed by atoms with Crippen LogP contribution in [0.25, 0.3) is 0 Å². The Morgan fingerprint density at radius 2 is 2.25 bits per heavy atom. The van der Waals surface area contributed by atoms with Crippen LogP contribution < -0.4 is 5.32 Å². The Bertz CT molecular complexity index is 422. The van der Waals surface area contributed by atoms with Crippen LogP contribution in [0.1, 0.15) is 17.1 Å². The van der Waals surface area contributed by atoms with E-state index in [9.17, 15) is 0 Å². The van der Waals surface area contributed by atoms with Crippen LogP contribution in [0.15, 0.2) is 28.9 Å². The Morgan fingerprint density at radius 1 is 1.44 bits per heavy atom. The Labute approximate surface area is 101 Å². The molecule has 0 aliphatic heterocycles. The van der Waals surface area contributed by atoms with Crippen LogP contribution in [0.5, 0.6) is 0 Å². The highest BCUT2D eigenvalue weighted by atomic mass is 35.5. The fourth-order valence-corrected chi connectivity index (χ4v) is 1.56. The lowest BCUT2D eigenvalue weighted by Crippen LogP contribution is -2.14. The van der Waals surface area contributed by atoms with Gasteiger partial charge in [-0.15, -0.1) is 12.4 Å². The zero-order valence-corrected chi connectivity index (χ0v) is 10.3. The lowest BCUT2D eigenvalue weighted by atomic mass is 10.3. The number of nitrogens with zero attached hydrogens (tertiary/aromatic N) is 2. The van der Waals surface area contributed by atoms with Crippen LogP contribution in [0.2, 0.25) is 0 Å². The maximum Gasteiger partial charge on any atom is 0.117 e.